The number of hydrogen-bond acceptors (Lipinski definition) is 4. The Morgan fingerprint density at radius 1 is 1.54 bits per heavy atom. The zero-order valence-corrected chi connectivity index (χ0v) is 8.37. The Balaban J connectivity index is 2.69. The molecule has 0 radical (unpaired) electrons. The molecule has 0 aliphatic carbocycles. The maximum Gasteiger partial charge on any atom is 0.0997 e. The Bertz CT molecular complexity index is 259. The maximum absolute atomic E-state index is 5.01. The van der Waals surface area contributed by atoms with Crippen molar-refractivity contribution in [3.05, 3.63) is 11.4 Å². The second-order valence-electron chi connectivity index (χ2n) is 2.88. The van der Waals surface area contributed by atoms with Crippen LogP contribution >= 0.6 is 0 Å². The van der Waals surface area contributed by atoms with Crippen molar-refractivity contribution >= 4 is 0 Å². The Morgan fingerprint density at radius 3 is 2.92 bits per heavy atom. The second-order valence-corrected chi connectivity index (χ2v) is 2.88. The summed E-state index contributed by atoms with van der Waals surface area (Å²) in [6, 6.07) is 0. The van der Waals surface area contributed by atoms with Gasteiger partial charge in [-0.25, -0.2) is 0 Å². The van der Waals surface area contributed by atoms with E-state index in [2.05, 4.69) is 15.6 Å². The topological polar surface area (TPSA) is 52.0 Å². The second kappa shape index (κ2) is 4.94. The highest BCUT2D eigenvalue weighted by atomic mass is 16.5. The van der Waals surface area contributed by atoms with Gasteiger partial charge in [-0.2, -0.15) is 0 Å². The van der Waals surface area contributed by atoms with Gasteiger partial charge in [0.25, 0.3) is 0 Å². The molecule has 13 heavy (non-hydrogen) atoms. The van der Waals surface area contributed by atoms with E-state index in [0.29, 0.717) is 6.61 Å². The van der Waals surface area contributed by atoms with Gasteiger partial charge in [-0.15, -0.1) is 5.10 Å². The van der Waals surface area contributed by atoms with E-state index in [9.17, 15) is 0 Å². The minimum absolute atomic E-state index is 0.706. The van der Waals surface area contributed by atoms with Crippen molar-refractivity contribution in [3.8, 4) is 0 Å². The average Bonchev–Trinajstić information content (AvgIpc) is 2.45. The van der Waals surface area contributed by atoms with E-state index < -0.39 is 0 Å². The van der Waals surface area contributed by atoms with E-state index in [-0.39, 0.29) is 0 Å². The molecule has 0 saturated carbocycles. The molecular formula is C8H16N4O. The molecule has 0 bridgehead atoms. The van der Waals surface area contributed by atoms with Gasteiger partial charge in [0.2, 0.25) is 0 Å². The predicted molar refractivity (Wildman–Crippen MR) is 49.3 cm³/mol. The summed E-state index contributed by atoms with van der Waals surface area (Å²) in [4.78, 5) is 0. The maximum atomic E-state index is 5.01. The van der Waals surface area contributed by atoms with Crippen LogP contribution in [-0.4, -0.2) is 35.8 Å². The molecule has 0 aliphatic rings. The van der Waals surface area contributed by atoms with Gasteiger partial charge in [0.1, 0.15) is 0 Å². The minimum Gasteiger partial charge on any atom is -0.384 e. The van der Waals surface area contributed by atoms with Gasteiger partial charge < -0.3 is 10.1 Å². The third-order valence-corrected chi connectivity index (χ3v) is 1.91. The molecule has 1 heterocycles. The fourth-order valence-electron chi connectivity index (χ4n) is 1.23. The first-order valence-electron chi connectivity index (χ1n) is 4.30. The molecule has 0 spiro atoms. The van der Waals surface area contributed by atoms with Crippen molar-refractivity contribution in [1.29, 1.82) is 0 Å². The first-order valence-corrected chi connectivity index (χ1v) is 4.30. The van der Waals surface area contributed by atoms with Gasteiger partial charge in [0.15, 0.2) is 0 Å². The molecule has 0 amide bonds. The summed E-state index contributed by atoms with van der Waals surface area (Å²) < 4.78 is 6.81. The number of ether oxygens (including phenoxy) is 1. The molecular weight excluding hydrogens is 168 g/mol. The molecule has 0 unspecified atom stereocenters. The first-order chi connectivity index (χ1) is 6.29. The van der Waals surface area contributed by atoms with Crippen LogP contribution in [0.15, 0.2) is 0 Å². The molecule has 0 atom stereocenters. The van der Waals surface area contributed by atoms with Crippen LogP contribution in [-0.2, 0) is 24.8 Å². The monoisotopic (exact) mass is 184 g/mol. The van der Waals surface area contributed by atoms with Gasteiger partial charge in [0.05, 0.1) is 18.0 Å². The number of aryl methyl sites for hydroxylation is 1. The standard InChI is InChI=1S/C8H16N4O/c1-9-6-7-8(4-5-13-3)12(2)11-10-7/h9H,4-6H2,1-3H3. The molecule has 0 aromatic carbocycles. The lowest BCUT2D eigenvalue weighted by molar-refractivity contribution is 0.200. The molecule has 0 fully saturated rings. The highest BCUT2D eigenvalue weighted by Crippen LogP contribution is 2.04. The van der Waals surface area contributed by atoms with E-state index in [1.54, 1.807) is 11.8 Å². The molecule has 1 aromatic heterocycles. The quantitative estimate of drug-likeness (QED) is 0.684. The predicted octanol–water partition coefficient (Wildman–Crippen LogP) is -0.277. The molecule has 0 aliphatic heterocycles. The zero-order chi connectivity index (χ0) is 9.68. The highest BCUT2D eigenvalue weighted by Gasteiger charge is 2.08. The number of nitrogens with zero attached hydrogens (tertiary/aromatic N) is 3. The number of methoxy groups -OCH3 is 1. The number of nitrogens with one attached hydrogen (secondary N) is 1. The smallest absolute Gasteiger partial charge is 0.0997 e. The number of rotatable bonds is 5. The highest BCUT2D eigenvalue weighted by molar-refractivity contribution is 5.09. The Morgan fingerprint density at radius 2 is 2.31 bits per heavy atom. The van der Waals surface area contributed by atoms with E-state index in [1.165, 1.54) is 0 Å². The fourth-order valence-corrected chi connectivity index (χ4v) is 1.23. The van der Waals surface area contributed by atoms with Gasteiger partial charge >= 0.3 is 0 Å². The van der Waals surface area contributed by atoms with E-state index in [1.807, 2.05) is 14.1 Å². The molecule has 1 N–H and O–H groups in total. The summed E-state index contributed by atoms with van der Waals surface area (Å²) in [7, 11) is 5.49. The lowest BCUT2D eigenvalue weighted by Crippen LogP contribution is -2.10. The molecule has 74 valence electrons. The summed E-state index contributed by atoms with van der Waals surface area (Å²) in [5.74, 6) is 0. The van der Waals surface area contributed by atoms with Gasteiger partial charge in [0, 0.05) is 27.1 Å². The SMILES string of the molecule is CNCc1nnn(C)c1CCOC. The summed E-state index contributed by atoms with van der Waals surface area (Å²) in [6.07, 6.45) is 0.858. The summed E-state index contributed by atoms with van der Waals surface area (Å²) >= 11 is 0. The van der Waals surface area contributed by atoms with Crippen molar-refractivity contribution in [2.24, 2.45) is 7.05 Å². The Hall–Kier alpha value is -0.940. The van der Waals surface area contributed by atoms with Gasteiger partial charge in [-0.05, 0) is 7.05 Å². The van der Waals surface area contributed by atoms with Gasteiger partial charge in [-0.1, -0.05) is 5.21 Å². The van der Waals surface area contributed by atoms with Crippen LogP contribution in [0.4, 0.5) is 0 Å². The normalized spacial score (nSPS) is 10.7. The molecule has 1 aromatic rings. The van der Waals surface area contributed by atoms with Crippen LogP contribution < -0.4 is 5.32 Å². The van der Waals surface area contributed by atoms with Crippen LogP contribution in [0.25, 0.3) is 0 Å². The third kappa shape index (κ3) is 2.50. The van der Waals surface area contributed by atoms with Crippen LogP contribution in [0.1, 0.15) is 11.4 Å². The van der Waals surface area contributed by atoms with Crippen LogP contribution in [0.2, 0.25) is 0 Å². The van der Waals surface area contributed by atoms with Crippen molar-refractivity contribution in [2.45, 2.75) is 13.0 Å². The average molecular weight is 184 g/mol. The zero-order valence-electron chi connectivity index (χ0n) is 8.37. The van der Waals surface area contributed by atoms with Crippen LogP contribution in [0.5, 0.6) is 0 Å². The van der Waals surface area contributed by atoms with E-state index in [0.717, 1.165) is 24.4 Å². The third-order valence-electron chi connectivity index (χ3n) is 1.91. The van der Waals surface area contributed by atoms with E-state index in [4.69, 9.17) is 4.74 Å². The summed E-state index contributed by atoms with van der Waals surface area (Å²) in [6.45, 7) is 1.46. The van der Waals surface area contributed by atoms with Crippen molar-refractivity contribution in [3.63, 3.8) is 0 Å². The minimum atomic E-state index is 0.706. The fraction of sp³-hybridized carbons (Fsp3) is 0.750. The van der Waals surface area contributed by atoms with Crippen molar-refractivity contribution in [1.82, 2.24) is 20.3 Å². The number of aromatic nitrogens is 3. The summed E-state index contributed by atoms with van der Waals surface area (Å²) in [5, 5.41) is 11.1. The Labute approximate surface area is 78.1 Å². The lowest BCUT2D eigenvalue weighted by Gasteiger charge is -2.02. The van der Waals surface area contributed by atoms with Gasteiger partial charge in [-0.3, -0.25) is 4.68 Å². The van der Waals surface area contributed by atoms with Crippen molar-refractivity contribution in [2.75, 3.05) is 20.8 Å². The van der Waals surface area contributed by atoms with Crippen LogP contribution in [0, 0.1) is 0 Å². The molecule has 5 nitrogen and oxygen atoms in total. The summed E-state index contributed by atoms with van der Waals surface area (Å²) in [5.41, 5.74) is 2.14. The van der Waals surface area contributed by atoms with Crippen LogP contribution in [0.3, 0.4) is 0 Å². The van der Waals surface area contributed by atoms with E-state index >= 15 is 0 Å². The largest absolute Gasteiger partial charge is 0.384 e. The first kappa shape index (κ1) is 10.1. The molecule has 1 rings (SSSR count). The molecule has 0 saturated heterocycles. The number of hydrogen-bond donors (Lipinski definition) is 1. The molecule has 5 heteroatoms. The Kier molecular flexibility index (Phi) is 3.85. The lowest BCUT2D eigenvalue weighted by atomic mass is 10.2. The van der Waals surface area contributed by atoms with Crippen molar-refractivity contribution < 1.29 is 4.74 Å².